The number of carbonyl (C=O) groups excluding carboxylic acids is 1. The van der Waals surface area contributed by atoms with Crippen molar-refractivity contribution >= 4 is 17.4 Å². The summed E-state index contributed by atoms with van der Waals surface area (Å²) in [7, 11) is 3.01. The Labute approximate surface area is 167 Å². The monoisotopic (exact) mass is 406 g/mol. The molecular formula is C19H26N4O6. The number of benzene rings is 1. The van der Waals surface area contributed by atoms with Crippen molar-refractivity contribution in [1.29, 1.82) is 0 Å². The van der Waals surface area contributed by atoms with Gasteiger partial charge in [-0.15, -0.1) is 0 Å². The van der Waals surface area contributed by atoms with Crippen LogP contribution >= 0.6 is 0 Å². The number of aromatic nitrogens is 2. The lowest BCUT2D eigenvalue weighted by Crippen LogP contribution is -2.42. The van der Waals surface area contributed by atoms with Crippen LogP contribution in [0.1, 0.15) is 5.56 Å². The minimum atomic E-state index is -0.748. The van der Waals surface area contributed by atoms with Crippen molar-refractivity contribution in [2.24, 2.45) is 0 Å². The molecule has 10 heteroatoms. The zero-order valence-corrected chi connectivity index (χ0v) is 16.6. The second-order valence-electron chi connectivity index (χ2n) is 6.15. The molecular weight excluding hydrogens is 380 g/mol. The highest BCUT2D eigenvalue weighted by molar-refractivity contribution is 5.96. The third kappa shape index (κ3) is 6.01. The molecule has 0 aliphatic heterocycles. The maximum absolute atomic E-state index is 12.9. The van der Waals surface area contributed by atoms with Gasteiger partial charge in [-0.05, 0) is 5.56 Å². The topological polar surface area (TPSA) is 129 Å². The van der Waals surface area contributed by atoms with Crippen molar-refractivity contribution < 1.29 is 19.0 Å². The molecule has 158 valence electrons. The molecule has 0 saturated carbocycles. The molecule has 0 spiro atoms. The number of nitrogens with two attached hydrogens (primary N) is 1. The highest BCUT2D eigenvalue weighted by atomic mass is 16.5. The first kappa shape index (κ1) is 22.3. The van der Waals surface area contributed by atoms with Crippen molar-refractivity contribution in [3.05, 3.63) is 56.7 Å². The Balaban J connectivity index is 2.43. The van der Waals surface area contributed by atoms with E-state index in [2.05, 4.69) is 4.98 Å². The number of hydrogen-bond donors (Lipinski definition) is 2. The molecule has 3 N–H and O–H groups in total. The Bertz CT molecular complexity index is 909. The van der Waals surface area contributed by atoms with Gasteiger partial charge in [0.1, 0.15) is 12.4 Å². The van der Waals surface area contributed by atoms with E-state index in [1.807, 2.05) is 30.3 Å². The molecule has 10 nitrogen and oxygen atoms in total. The van der Waals surface area contributed by atoms with E-state index < -0.39 is 17.2 Å². The van der Waals surface area contributed by atoms with Crippen molar-refractivity contribution in [3.8, 4) is 0 Å². The number of nitrogen functional groups attached to an aromatic ring is 1. The van der Waals surface area contributed by atoms with Gasteiger partial charge in [-0.1, -0.05) is 30.3 Å². The highest BCUT2D eigenvalue weighted by Crippen LogP contribution is 2.19. The van der Waals surface area contributed by atoms with E-state index >= 15 is 0 Å². The maximum Gasteiger partial charge on any atom is 0.330 e. The molecule has 2 aromatic rings. The minimum Gasteiger partial charge on any atom is -0.383 e. The molecule has 0 unspecified atom stereocenters. The fourth-order valence-corrected chi connectivity index (χ4v) is 2.68. The molecule has 0 atom stereocenters. The third-order valence-corrected chi connectivity index (χ3v) is 4.14. The molecule has 1 aromatic heterocycles. The molecule has 0 saturated heterocycles. The van der Waals surface area contributed by atoms with Gasteiger partial charge in [0.05, 0.1) is 32.9 Å². The van der Waals surface area contributed by atoms with Gasteiger partial charge in [0.2, 0.25) is 0 Å². The van der Waals surface area contributed by atoms with E-state index in [1.54, 1.807) is 0 Å². The van der Waals surface area contributed by atoms with Crippen LogP contribution in [0.3, 0.4) is 0 Å². The molecule has 0 aliphatic rings. The van der Waals surface area contributed by atoms with Crippen LogP contribution in [0, 0.1) is 0 Å². The summed E-state index contributed by atoms with van der Waals surface area (Å²) in [6.07, 6.45) is 0. The lowest BCUT2D eigenvalue weighted by Gasteiger charge is -2.24. The van der Waals surface area contributed by atoms with Gasteiger partial charge in [0.25, 0.3) is 11.5 Å². The van der Waals surface area contributed by atoms with Crippen LogP contribution in [0.5, 0.6) is 0 Å². The number of nitrogens with zero attached hydrogens (tertiary/aromatic N) is 2. The SMILES string of the molecule is COCCOCC(=O)N(Cc1ccccc1)c1c(N)n(CCOC)c(=O)[nH]c1=O. The van der Waals surface area contributed by atoms with Crippen LogP contribution in [0.15, 0.2) is 39.9 Å². The van der Waals surface area contributed by atoms with Crippen molar-refractivity contribution in [3.63, 3.8) is 0 Å². The number of H-pyrrole nitrogens is 1. The zero-order chi connectivity index (χ0) is 21.2. The summed E-state index contributed by atoms with van der Waals surface area (Å²) < 4.78 is 16.4. The summed E-state index contributed by atoms with van der Waals surface area (Å²) in [5.41, 5.74) is 5.39. The normalized spacial score (nSPS) is 10.8. The fourth-order valence-electron chi connectivity index (χ4n) is 2.68. The van der Waals surface area contributed by atoms with E-state index in [0.717, 1.165) is 10.1 Å². The van der Waals surface area contributed by atoms with Gasteiger partial charge < -0.3 is 19.9 Å². The fraction of sp³-hybridized carbons (Fsp3) is 0.421. The lowest BCUT2D eigenvalue weighted by atomic mass is 10.2. The second kappa shape index (κ2) is 11.1. The predicted octanol–water partition coefficient (Wildman–Crippen LogP) is -0.0386. The smallest absolute Gasteiger partial charge is 0.330 e. The minimum absolute atomic E-state index is 0.0864. The van der Waals surface area contributed by atoms with Crippen LogP contribution < -0.4 is 21.9 Å². The first-order valence-corrected chi connectivity index (χ1v) is 9.02. The first-order valence-electron chi connectivity index (χ1n) is 9.02. The van der Waals surface area contributed by atoms with Crippen LogP contribution in [0.25, 0.3) is 0 Å². The van der Waals surface area contributed by atoms with Crippen LogP contribution in [-0.2, 0) is 32.1 Å². The number of methoxy groups -OCH3 is 2. The first-order chi connectivity index (χ1) is 14.0. The Morgan fingerprint density at radius 2 is 1.79 bits per heavy atom. The summed E-state index contributed by atoms with van der Waals surface area (Å²) in [5, 5.41) is 0. The number of nitrogens with one attached hydrogen (secondary N) is 1. The van der Waals surface area contributed by atoms with E-state index in [1.165, 1.54) is 19.1 Å². The van der Waals surface area contributed by atoms with Crippen molar-refractivity contribution in [2.45, 2.75) is 13.1 Å². The molecule has 0 bridgehead atoms. The van der Waals surface area contributed by atoms with Gasteiger partial charge in [-0.2, -0.15) is 0 Å². The average molecular weight is 406 g/mol. The number of aromatic amines is 1. The highest BCUT2D eigenvalue weighted by Gasteiger charge is 2.24. The number of amides is 1. The summed E-state index contributed by atoms with van der Waals surface area (Å²) in [6.45, 7) is 0.706. The molecule has 1 heterocycles. The Kier molecular flexibility index (Phi) is 8.59. The average Bonchev–Trinajstić information content (AvgIpc) is 2.70. The van der Waals surface area contributed by atoms with E-state index in [9.17, 15) is 14.4 Å². The quantitative estimate of drug-likeness (QED) is 0.501. The van der Waals surface area contributed by atoms with Crippen LogP contribution in [0.2, 0.25) is 0 Å². The summed E-state index contributed by atoms with van der Waals surface area (Å²) >= 11 is 0. The third-order valence-electron chi connectivity index (χ3n) is 4.14. The standard InChI is InChI=1S/C19H26N4O6/c1-27-9-8-22-17(20)16(18(25)21-19(22)26)23(12-14-6-4-3-5-7-14)15(24)13-29-11-10-28-2/h3-7H,8-13,20H2,1-2H3,(H,21,25,26). The zero-order valence-electron chi connectivity index (χ0n) is 16.6. The van der Waals surface area contributed by atoms with Crippen molar-refractivity contribution in [2.75, 3.05) is 51.3 Å². The molecule has 2 rings (SSSR count). The van der Waals surface area contributed by atoms with E-state index in [0.29, 0.717) is 6.61 Å². The predicted molar refractivity (Wildman–Crippen MR) is 108 cm³/mol. The molecule has 0 fully saturated rings. The molecule has 1 amide bonds. The van der Waals surface area contributed by atoms with Crippen molar-refractivity contribution in [1.82, 2.24) is 9.55 Å². The Hall–Kier alpha value is -2.95. The number of anilines is 2. The van der Waals surface area contributed by atoms with Gasteiger partial charge in [0, 0.05) is 14.2 Å². The molecule has 29 heavy (non-hydrogen) atoms. The Morgan fingerprint density at radius 3 is 2.45 bits per heavy atom. The Morgan fingerprint density at radius 1 is 1.10 bits per heavy atom. The second-order valence-corrected chi connectivity index (χ2v) is 6.15. The maximum atomic E-state index is 12.9. The van der Waals surface area contributed by atoms with Gasteiger partial charge in [-0.3, -0.25) is 24.0 Å². The summed E-state index contributed by atoms with van der Waals surface area (Å²) in [5.74, 6) is -0.587. The summed E-state index contributed by atoms with van der Waals surface area (Å²) in [4.78, 5) is 41.0. The summed E-state index contributed by atoms with van der Waals surface area (Å²) in [6, 6.07) is 9.12. The van der Waals surface area contributed by atoms with E-state index in [4.69, 9.17) is 19.9 Å². The number of ether oxygens (including phenoxy) is 3. The van der Waals surface area contributed by atoms with Crippen LogP contribution in [-0.4, -0.2) is 56.1 Å². The lowest BCUT2D eigenvalue weighted by molar-refractivity contribution is -0.123. The molecule has 0 radical (unpaired) electrons. The van der Waals surface area contributed by atoms with Crippen LogP contribution in [0.4, 0.5) is 11.5 Å². The molecule has 0 aliphatic carbocycles. The number of hydrogen-bond acceptors (Lipinski definition) is 7. The van der Waals surface area contributed by atoms with Gasteiger partial charge in [-0.25, -0.2) is 4.79 Å². The van der Waals surface area contributed by atoms with Gasteiger partial charge >= 0.3 is 5.69 Å². The number of carbonyl (C=O) groups is 1. The van der Waals surface area contributed by atoms with Gasteiger partial charge in [0.15, 0.2) is 5.69 Å². The van der Waals surface area contributed by atoms with E-state index in [-0.39, 0.29) is 44.4 Å². The molecule has 1 aromatic carbocycles. The number of rotatable bonds is 11. The largest absolute Gasteiger partial charge is 0.383 e.